The maximum Gasteiger partial charge on any atom is 0.0674 e. The lowest BCUT2D eigenvalue weighted by molar-refractivity contribution is 0.684. The first kappa shape index (κ1) is 8.44. The van der Waals surface area contributed by atoms with Gasteiger partial charge in [0.1, 0.15) is 0 Å². The molecule has 0 atom stereocenters. The Morgan fingerprint density at radius 1 is 1.38 bits per heavy atom. The Morgan fingerprint density at radius 3 is 2.92 bits per heavy atom. The molecule has 0 radical (unpaired) electrons. The van der Waals surface area contributed by atoms with E-state index in [9.17, 15) is 0 Å². The Balaban J connectivity index is 2.15. The fourth-order valence-electron chi connectivity index (χ4n) is 1.10. The average molecular weight is 238 g/mol. The third-order valence-corrected chi connectivity index (χ3v) is 2.08. The van der Waals surface area contributed by atoms with Gasteiger partial charge >= 0.3 is 0 Å². The molecule has 2 rings (SSSR count). The topological polar surface area (TPSA) is 30.7 Å². The van der Waals surface area contributed by atoms with Crippen molar-refractivity contribution < 1.29 is 0 Å². The molecule has 2 aromatic heterocycles. The number of rotatable bonds is 2. The first-order valence-electron chi connectivity index (χ1n) is 3.91. The van der Waals surface area contributed by atoms with Crippen molar-refractivity contribution in [2.24, 2.45) is 0 Å². The molecule has 0 fully saturated rings. The lowest BCUT2D eigenvalue weighted by Crippen LogP contribution is -1.99. The maximum atomic E-state index is 4.15. The summed E-state index contributed by atoms with van der Waals surface area (Å²) < 4.78 is 2.86. The normalized spacial score (nSPS) is 10.2. The van der Waals surface area contributed by atoms with Crippen LogP contribution in [0.1, 0.15) is 5.56 Å². The van der Waals surface area contributed by atoms with Crippen molar-refractivity contribution in [2.75, 3.05) is 0 Å². The molecule has 66 valence electrons. The molecule has 13 heavy (non-hydrogen) atoms. The van der Waals surface area contributed by atoms with Crippen molar-refractivity contribution in [2.45, 2.75) is 6.54 Å². The predicted octanol–water partition coefficient (Wildman–Crippen LogP) is 2.09. The minimum Gasteiger partial charge on any atom is -0.267 e. The van der Waals surface area contributed by atoms with E-state index in [1.165, 1.54) is 0 Å². The van der Waals surface area contributed by atoms with E-state index in [4.69, 9.17) is 0 Å². The van der Waals surface area contributed by atoms with Gasteiger partial charge in [0.25, 0.3) is 0 Å². The Labute approximate surface area is 84.5 Å². The van der Waals surface area contributed by atoms with E-state index in [-0.39, 0.29) is 0 Å². The molecular formula is C9H8BrN3. The van der Waals surface area contributed by atoms with Crippen LogP contribution in [0.25, 0.3) is 0 Å². The van der Waals surface area contributed by atoms with Crippen molar-refractivity contribution >= 4 is 15.9 Å². The van der Waals surface area contributed by atoms with Gasteiger partial charge in [-0.25, -0.2) is 0 Å². The van der Waals surface area contributed by atoms with Crippen LogP contribution >= 0.6 is 15.9 Å². The second-order valence-corrected chi connectivity index (χ2v) is 3.63. The lowest BCUT2D eigenvalue weighted by Gasteiger charge is -1.99. The van der Waals surface area contributed by atoms with Gasteiger partial charge in [0, 0.05) is 18.6 Å². The van der Waals surface area contributed by atoms with Crippen LogP contribution in [0, 0.1) is 0 Å². The third kappa shape index (κ3) is 2.15. The number of nitrogens with zero attached hydrogens (tertiary/aromatic N) is 3. The summed E-state index contributed by atoms with van der Waals surface area (Å²) in [5.74, 6) is 0. The van der Waals surface area contributed by atoms with Gasteiger partial charge in [-0.3, -0.25) is 9.67 Å². The number of hydrogen-bond acceptors (Lipinski definition) is 2. The van der Waals surface area contributed by atoms with Crippen LogP contribution < -0.4 is 0 Å². The fourth-order valence-corrected chi connectivity index (χ4v) is 1.43. The van der Waals surface area contributed by atoms with Gasteiger partial charge in [0.15, 0.2) is 0 Å². The SMILES string of the molecule is Brc1cnn(Cc2cccnc2)c1. The van der Waals surface area contributed by atoms with E-state index in [2.05, 4.69) is 26.0 Å². The second kappa shape index (κ2) is 3.70. The third-order valence-electron chi connectivity index (χ3n) is 1.67. The van der Waals surface area contributed by atoms with E-state index in [1.54, 1.807) is 12.4 Å². The molecule has 2 heterocycles. The highest BCUT2D eigenvalue weighted by Crippen LogP contribution is 2.07. The van der Waals surface area contributed by atoms with E-state index in [1.807, 2.05) is 29.2 Å². The minimum atomic E-state index is 0.763. The van der Waals surface area contributed by atoms with Crippen molar-refractivity contribution in [3.05, 3.63) is 47.0 Å². The zero-order chi connectivity index (χ0) is 9.10. The lowest BCUT2D eigenvalue weighted by atomic mass is 10.3. The van der Waals surface area contributed by atoms with Crippen molar-refractivity contribution in [3.63, 3.8) is 0 Å². The van der Waals surface area contributed by atoms with Crippen LogP contribution in [-0.4, -0.2) is 14.8 Å². The molecule has 0 saturated carbocycles. The minimum absolute atomic E-state index is 0.763. The quantitative estimate of drug-likeness (QED) is 0.801. The molecule has 2 aromatic rings. The fraction of sp³-hybridized carbons (Fsp3) is 0.111. The first-order chi connectivity index (χ1) is 6.34. The smallest absolute Gasteiger partial charge is 0.0674 e. The summed E-state index contributed by atoms with van der Waals surface area (Å²) in [5.41, 5.74) is 1.15. The highest BCUT2D eigenvalue weighted by Gasteiger charge is 1.96. The molecule has 0 aliphatic heterocycles. The van der Waals surface area contributed by atoms with Crippen LogP contribution in [0.15, 0.2) is 41.4 Å². The average Bonchev–Trinajstić information content (AvgIpc) is 2.53. The Morgan fingerprint density at radius 2 is 2.31 bits per heavy atom. The molecule has 4 heteroatoms. The largest absolute Gasteiger partial charge is 0.267 e. The zero-order valence-electron chi connectivity index (χ0n) is 6.89. The summed E-state index contributed by atoms with van der Waals surface area (Å²) in [6.07, 6.45) is 7.32. The van der Waals surface area contributed by atoms with Crippen LogP contribution in [0.5, 0.6) is 0 Å². The highest BCUT2D eigenvalue weighted by atomic mass is 79.9. The molecule has 0 N–H and O–H groups in total. The van der Waals surface area contributed by atoms with Gasteiger partial charge < -0.3 is 0 Å². The van der Waals surface area contributed by atoms with Gasteiger partial charge in [0.05, 0.1) is 17.2 Å². The number of halogens is 1. The zero-order valence-corrected chi connectivity index (χ0v) is 8.48. The van der Waals surface area contributed by atoms with Gasteiger partial charge in [0.2, 0.25) is 0 Å². The van der Waals surface area contributed by atoms with Crippen LogP contribution in [-0.2, 0) is 6.54 Å². The number of aromatic nitrogens is 3. The van der Waals surface area contributed by atoms with Crippen LogP contribution in [0.2, 0.25) is 0 Å². The number of hydrogen-bond donors (Lipinski definition) is 0. The standard InChI is InChI=1S/C9H8BrN3/c10-9-5-12-13(7-9)6-8-2-1-3-11-4-8/h1-5,7H,6H2. The van der Waals surface area contributed by atoms with Crippen molar-refractivity contribution in [3.8, 4) is 0 Å². The predicted molar refractivity (Wildman–Crippen MR) is 53.3 cm³/mol. The molecule has 0 amide bonds. The van der Waals surface area contributed by atoms with Gasteiger partial charge in [-0.05, 0) is 27.6 Å². The van der Waals surface area contributed by atoms with Gasteiger partial charge in [-0.15, -0.1) is 0 Å². The molecule has 0 aliphatic carbocycles. The highest BCUT2D eigenvalue weighted by molar-refractivity contribution is 9.10. The summed E-state index contributed by atoms with van der Waals surface area (Å²) in [6, 6.07) is 3.95. The number of pyridine rings is 1. The summed E-state index contributed by atoms with van der Waals surface area (Å²) in [7, 11) is 0. The molecule has 0 unspecified atom stereocenters. The molecule has 0 bridgehead atoms. The molecule has 0 saturated heterocycles. The Kier molecular flexibility index (Phi) is 2.40. The van der Waals surface area contributed by atoms with E-state index in [0.717, 1.165) is 16.6 Å². The molecular weight excluding hydrogens is 230 g/mol. The Hall–Kier alpha value is -1.16. The van der Waals surface area contributed by atoms with Crippen molar-refractivity contribution in [1.29, 1.82) is 0 Å². The Bertz CT molecular complexity index is 383. The summed E-state index contributed by atoms with van der Waals surface area (Å²) >= 11 is 3.35. The van der Waals surface area contributed by atoms with Crippen molar-refractivity contribution in [1.82, 2.24) is 14.8 Å². The van der Waals surface area contributed by atoms with Gasteiger partial charge in [-0.2, -0.15) is 5.10 Å². The van der Waals surface area contributed by atoms with Gasteiger partial charge in [-0.1, -0.05) is 6.07 Å². The van der Waals surface area contributed by atoms with Crippen LogP contribution in [0.4, 0.5) is 0 Å². The summed E-state index contributed by atoms with van der Waals surface area (Å²) in [5, 5.41) is 4.15. The molecule has 3 nitrogen and oxygen atoms in total. The summed E-state index contributed by atoms with van der Waals surface area (Å²) in [4.78, 5) is 4.03. The first-order valence-corrected chi connectivity index (χ1v) is 4.71. The van der Waals surface area contributed by atoms with E-state index < -0.39 is 0 Å². The molecule has 0 spiro atoms. The monoisotopic (exact) mass is 237 g/mol. The maximum absolute atomic E-state index is 4.15. The second-order valence-electron chi connectivity index (χ2n) is 2.72. The van der Waals surface area contributed by atoms with E-state index >= 15 is 0 Å². The molecule has 0 aromatic carbocycles. The molecule has 0 aliphatic rings. The van der Waals surface area contributed by atoms with Crippen LogP contribution in [0.3, 0.4) is 0 Å². The summed E-state index contributed by atoms with van der Waals surface area (Å²) in [6.45, 7) is 0.763. The van der Waals surface area contributed by atoms with E-state index in [0.29, 0.717) is 0 Å².